The molecule has 3 aromatic rings. The predicted octanol–water partition coefficient (Wildman–Crippen LogP) is 4.18. The summed E-state index contributed by atoms with van der Waals surface area (Å²) in [6.45, 7) is 2.12. The smallest absolute Gasteiger partial charge is 0.418 e. The van der Waals surface area contributed by atoms with E-state index in [1.165, 1.54) is 24.4 Å². The summed E-state index contributed by atoms with van der Waals surface area (Å²) in [6, 6.07) is 9.23. The third kappa shape index (κ3) is 4.36. The first-order chi connectivity index (χ1) is 17.0. The molecule has 0 amide bonds. The minimum atomic E-state index is -4.70. The molecule has 0 radical (unpaired) electrons. The van der Waals surface area contributed by atoms with Gasteiger partial charge in [-0.3, -0.25) is 4.72 Å². The maximum absolute atomic E-state index is 13.7. The van der Waals surface area contributed by atoms with Gasteiger partial charge in [-0.15, -0.1) is 0 Å². The Morgan fingerprint density at radius 1 is 1.14 bits per heavy atom. The first kappa shape index (κ1) is 24.0. The number of benzene rings is 1. The molecular weight excluding hydrogens is 497 g/mol. The number of nitrogens with zero attached hydrogens (tertiary/aromatic N) is 3. The fourth-order valence-electron chi connectivity index (χ4n) is 4.77. The number of aromatic nitrogens is 2. The molecule has 5 rings (SSSR count). The maximum atomic E-state index is 13.7. The summed E-state index contributed by atoms with van der Waals surface area (Å²) in [5, 5.41) is 9.60. The molecule has 1 saturated carbocycles. The number of carboxylic acids is 1. The van der Waals surface area contributed by atoms with Gasteiger partial charge in [-0.1, -0.05) is 24.3 Å². The lowest BCUT2D eigenvalue weighted by atomic mass is 9.97. The van der Waals surface area contributed by atoms with E-state index >= 15 is 0 Å². The van der Waals surface area contributed by atoms with Crippen LogP contribution >= 0.6 is 0 Å². The Morgan fingerprint density at radius 2 is 1.89 bits per heavy atom. The first-order valence-electron chi connectivity index (χ1n) is 11.1. The molecule has 3 unspecified atom stereocenters. The van der Waals surface area contributed by atoms with Gasteiger partial charge in [0.1, 0.15) is 17.7 Å². The van der Waals surface area contributed by atoms with Crippen LogP contribution in [0, 0.1) is 18.8 Å². The van der Waals surface area contributed by atoms with E-state index in [0.717, 1.165) is 12.5 Å². The van der Waals surface area contributed by atoms with E-state index in [1.807, 2.05) is 0 Å². The zero-order valence-corrected chi connectivity index (χ0v) is 19.7. The van der Waals surface area contributed by atoms with Crippen molar-refractivity contribution >= 4 is 27.6 Å². The first-order valence-corrected chi connectivity index (χ1v) is 12.6. The van der Waals surface area contributed by atoms with Crippen molar-refractivity contribution in [3.8, 4) is 11.1 Å². The Bertz CT molecular complexity index is 1460. The molecule has 3 heterocycles. The van der Waals surface area contributed by atoms with Crippen LogP contribution in [0.3, 0.4) is 0 Å². The molecule has 1 aliphatic heterocycles. The number of anilines is 2. The second kappa shape index (κ2) is 8.47. The van der Waals surface area contributed by atoms with Crippen molar-refractivity contribution in [3.63, 3.8) is 0 Å². The number of fused-ring (bicyclic) bond motifs is 1. The summed E-state index contributed by atoms with van der Waals surface area (Å²) in [6.07, 6.45) is -2.02. The molecule has 1 aliphatic carbocycles. The van der Waals surface area contributed by atoms with Crippen LogP contribution in [0.15, 0.2) is 59.8 Å². The molecule has 188 valence electrons. The molecule has 3 atom stereocenters. The van der Waals surface area contributed by atoms with Crippen molar-refractivity contribution in [2.45, 2.75) is 30.5 Å². The van der Waals surface area contributed by atoms with E-state index in [9.17, 15) is 31.5 Å². The third-order valence-electron chi connectivity index (χ3n) is 6.61. The second-order valence-corrected chi connectivity index (χ2v) is 10.7. The topological polar surface area (TPSA) is 112 Å². The molecule has 2 aromatic heterocycles. The van der Waals surface area contributed by atoms with E-state index in [1.54, 1.807) is 30.0 Å². The predicted molar refractivity (Wildman–Crippen MR) is 125 cm³/mol. The summed E-state index contributed by atoms with van der Waals surface area (Å²) in [7, 11) is -4.27. The van der Waals surface area contributed by atoms with Gasteiger partial charge in [-0.05, 0) is 54.0 Å². The summed E-state index contributed by atoms with van der Waals surface area (Å²) >= 11 is 0. The molecule has 1 aromatic carbocycles. The monoisotopic (exact) mass is 518 g/mol. The molecule has 2 N–H and O–H groups in total. The number of rotatable bonds is 6. The lowest BCUT2D eigenvalue weighted by Crippen LogP contribution is -2.40. The van der Waals surface area contributed by atoms with Crippen LogP contribution in [-0.4, -0.2) is 42.0 Å². The number of aryl methyl sites for hydroxylation is 1. The van der Waals surface area contributed by atoms with Crippen molar-refractivity contribution in [2.75, 3.05) is 16.2 Å². The lowest BCUT2D eigenvalue weighted by Gasteiger charge is -2.25. The van der Waals surface area contributed by atoms with Gasteiger partial charge in [0.2, 0.25) is 0 Å². The number of carboxylic acid groups (broad SMARTS) is 1. The van der Waals surface area contributed by atoms with E-state index in [2.05, 4.69) is 14.7 Å². The van der Waals surface area contributed by atoms with E-state index < -0.39 is 33.8 Å². The van der Waals surface area contributed by atoms with Crippen molar-refractivity contribution in [3.05, 3.63) is 66.0 Å². The number of piperidine rings is 1. The third-order valence-corrected chi connectivity index (χ3v) is 7.96. The lowest BCUT2D eigenvalue weighted by molar-refractivity contribution is -0.139. The van der Waals surface area contributed by atoms with Gasteiger partial charge in [0.05, 0.1) is 10.5 Å². The molecule has 8 nitrogen and oxygen atoms in total. The largest absolute Gasteiger partial charge is 0.480 e. The summed E-state index contributed by atoms with van der Waals surface area (Å²) in [5.74, 6) is -0.823. The van der Waals surface area contributed by atoms with Gasteiger partial charge in [0.15, 0.2) is 0 Å². The van der Waals surface area contributed by atoms with Crippen LogP contribution in [-0.2, 0) is 21.0 Å². The van der Waals surface area contributed by atoms with Crippen LogP contribution in [0.1, 0.15) is 17.5 Å². The van der Waals surface area contributed by atoms with Crippen LogP contribution in [0.25, 0.3) is 11.1 Å². The number of alkyl halides is 3. The number of sulfonamides is 1. The molecule has 12 heteroatoms. The SMILES string of the molecule is Cc1ccccc1-c1cc(NS(=O)(=O)c2ccnc(N3CC4CC4C3C(=O)O)c2)ncc1C(F)(F)F. The average molecular weight is 519 g/mol. The van der Waals surface area contributed by atoms with Crippen molar-refractivity contribution in [1.82, 2.24) is 9.97 Å². The van der Waals surface area contributed by atoms with E-state index in [-0.39, 0.29) is 33.9 Å². The number of hydrogen-bond donors (Lipinski definition) is 2. The quantitative estimate of drug-likeness (QED) is 0.503. The Kier molecular flexibility index (Phi) is 5.66. The Labute approximate surface area is 204 Å². The maximum Gasteiger partial charge on any atom is 0.418 e. The Balaban J connectivity index is 1.48. The van der Waals surface area contributed by atoms with Crippen molar-refractivity contribution in [2.24, 2.45) is 11.8 Å². The van der Waals surface area contributed by atoms with Crippen molar-refractivity contribution < 1.29 is 31.5 Å². The van der Waals surface area contributed by atoms with Gasteiger partial charge in [0, 0.05) is 25.0 Å². The van der Waals surface area contributed by atoms with Gasteiger partial charge in [0.25, 0.3) is 10.0 Å². The van der Waals surface area contributed by atoms with Gasteiger partial charge in [-0.25, -0.2) is 23.2 Å². The number of halogens is 3. The number of carbonyl (C=O) groups is 1. The molecule has 2 fully saturated rings. The van der Waals surface area contributed by atoms with Crippen LogP contribution < -0.4 is 9.62 Å². The normalized spacial score (nSPS) is 21.2. The highest BCUT2D eigenvalue weighted by atomic mass is 32.2. The van der Waals surface area contributed by atoms with E-state index in [0.29, 0.717) is 23.9 Å². The highest BCUT2D eigenvalue weighted by Crippen LogP contribution is 2.50. The summed E-state index contributed by atoms with van der Waals surface area (Å²) in [4.78, 5) is 21.0. The minimum absolute atomic E-state index is 0.0129. The second-order valence-electron chi connectivity index (χ2n) is 8.98. The zero-order chi connectivity index (χ0) is 25.8. The Morgan fingerprint density at radius 3 is 2.58 bits per heavy atom. The molecule has 1 saturated heterocycles. The van der Waals surface area contributed by atoms with Crippen LogP contribution in [0.2, 0.25) is 0 Å². The van der Waals surface area contributed by atoms with Gasteiger partial charge in [-0.2, -0.15) is 13.2 Å². The molecule has 36 heavy (non-hydrogen) atoms. The fourth-order valence-corrected chi connectivity index (χ4v) is 5.78. The van der Waals surface area contributed by atoms with Gasteiger partial charge < -0.3 is 10.0 Å². The molecule has 2 aliphatic rings. The van der Waals surface area contributed by atoms with Crippen molar-refractivity contribution in [1.29, 1.82) is 0 Å². The summed E-state index contributed by atoms with van der Waals surface area (Å²) < 4.78 is 69.5. The van der Waals surface area contributed by atoms with Gasteiger partial charge >= 0.3 is 12.1 Å². The molecule has 0 spiro atoms. The van der Waals surface area contributed by atoms with Crippen LogP contribution in [0.5, 0.6) is 0 Å². The van der Waals surface area contributed by atoms with Crippen LogP contribution in [0.4, 0.5) is 24.8 Å². The highest BCUT2D eigenvalue weighted by molar-refractivity contribution is 7.92. The van der Waals surface area contributed by atoms with E-state index in [4.69, 9.17) is 0 Å². The minimum Gasteiger partial charge on any atom is -0.480 e. The molecular formula is C24H21F3N4O4S. The summed E-state index contributed by atoms with van der Waals surface area (Å²) in [5.41, 5.74) is -0.313. The Hall–Kier alpha value is -3.67. The number of hydrogen-bond acceptors (Lipinski definition) is 6. The standard InChI is InChI=1S/C24H21F3N4O4S/c1-13-4-2-3-5-16(13)18-10-20(29-11-19(18)24(25,26)27)30-36(34,35)15-6-7-28-21(9-15)31-12-14-8-17(14)22(31)23(32)33/h2-7,9-11,14,17,22H,8,12H2,1H3,(H,29,30)(H,32,33). The zero-order valence-electron chi connectivity index (χ0n) is 18.9. The molecule has 0 bridgehead atoms. The number of aliphatic carboxylic acids is 1. The average Bonchev–Trinajstić information content (AvgIpc) is 3.47. The highest BCUT2D eigenvalue weighted by Gasteiger charge is 2.56. The fraction of sp³-hybridized carbons (Fsp3) is 0.292. The number of nitrogens with one attached hydrogen (secondary N) is 1. The number of pyridine rings is 2.